The molecule has 0 atom stereocenters. The fourth-order valence-corrected chi connectivity index (χ4v) is 1.93. The Hall–Kier alpha value is -1.56. The third-order valence-corrected chi connectivity index (χ3v) is 2.99. The number of methoxy groups -OCH3 is 1. The van der Waals surface area contributed by atoms with Crippen LogP contribution in [0.4, 0.5) is 8.78 Å². The predicted molar refractivity (Wildman–Crippen MR) is 56.9 cm³/mol. The highest BCUT2D eigenvalue weighted by atomic mass is 32.1. The lowest BCUT2D eigenvalue weighted by Crippen LogP contribution is -1.85. The highest BCUT2D eigenvalue weighted by Crippen LogP contribution is 2.31. The molecule has 0 saturated heterocycles. The quantitative estimate of drug-likeness (QED) is 0.829. The van der Waals surface area contributed by atoms with Crippen molar-refractivity contribution < 1.29 is 13.5 Å². The Bertz CT molecular complexity index is 470. The summed E-state index contributed by atoms with van der Waals surface area (Å²) < 4.78 is 29.6. The van der Waals surface area contributed by atoms with Gasteiger partial charge in [0.2, 0.25) is 5.88 Å². The first-order valence-corrected chi connectivity index (χ1v) is 5.26. The minimum atomic E-state index is -2.52. The van der Waals surface area contributed by atoms with Crippen molar-refractivity contribution in [2.24, 2.45) is 0 Å². The van der Waals surface area contributed by atoms with Gasteiger partial charge >= 0.3 is 0 Å². The molecule has 0 bridgehead atoms. The van der Waals surface area contributed by atoms with E-state index >= 15 is 0 Å². The monoisotopic (exact) mass is 242 g/mol. The zero-order valence-corrected chi connectivity index (χ0v) is 9.17. The van der Waals surface area contributed by atoms with E-state index in [1.165, 1.54) is 13.3 Å². The minimum absolute atomic E-state index is 0.175. The Balaban J connectivity index is 2.28. The average molecular weight is 242 g/mol. The van der Waals surface area contributed by atoms with Crippen LogP contribution in [0.2, 0.25) is 0 Å². The maximum Gasteiger partial charge on any atom is 0.289 e. The van der Waals surface area contributed by atoms with Crippen molar-refractivity contribution in [1.82, 2.24) is 9.97 Å². The van der Waals surface area contributed by atoms with E-state index in [1.807, 2.05) is 0 Å². The molecule has 0 aliphatic heterocycles. The van der Waals surface area contributed by atoms with Crippen LogP contribution in [0.15, 0.2) is 24.5 Å². The zero-order chi connectivity index (χ0) is 11.5. The summed E-state index contributed by atoms with van der Waals surface area (Å²) in [6.45, 7) is 0. The van der Waals surface area contributed by atoms with Crippen molar-refractivity contribution in [2.45, 2.75) is 6.43 Å². The summed E-state index contributed by atoms with van der Waals surface area (Å²) in [6.07, 6.45) is 0.474. The van der Waals surface area contributed by atoms with Crippen LogP contribution in [0.5, 0.6) is 5.88 Å². The van der Waals surface area contributed by atoms with Crippen molar-refractivity contribution in [1.29, 1.82) is 0 Å². The van der Waals surface area contributed by atoms with E-state index in [0.29, 0.717) is 10.8 Å². The van der Waals surface area contributed by atoms with Gasteiger partial charge in [0.25, 0.3) is 6.43 Å². The summed E-state index contributed by atoms with van der Waals surface area (Å²) in [4.78, 5) is 8.31. The molecule has 0 aliphatic rings. The first kappa shape index (κ1) is 10.9. The second-order valence-corrected chi connectivity index (χ2v) is 4.01. The second-order valence-electron chi connectivity index (χ2n) is 2.95. The molecular formula is C10H8F2N2OS. The molecule has 16 heavy (non-hydrogen) atoms. The SMILES string of the molecule is COc1ccc(-c2cnc(C(F)F)s2)cn1. The molecule has 2 aromatic heterocycles. The second kappa shape index (κ2) is 4.52. The van der Waals surface area contributed by atoms with E-state index in [1.54, 1.807) is 18.3 Å². The summed E-state index contributed by atoms with van der Waals surface area (Å²) in [6, 6.07) is 3.44. The van der Waals surface area contributed by atoms with Crippen molar-refractivity contribution in [2.75, 3.05) is 7.11 Å². The number of thiazole rings is 1. The van der Waals surface area contributed by atoms with Gasteiger partial charge in [-0.15, -0.1) is 11.3 Å². The molecule has 0 fully saturated rings. The van der Waals surface area contributed by atoms with E-state index < -0.39 is 6.43 Å². The number of aromatic nitrogens is 2. The standard InChI is InChI=1S/C10H8F2N2OS/c1-15-8-3-2-6(4-13-8)7-5-14-10(16-7)9(11)12/h2-5,9H,1H3. The minimum Gasteiger partial charge on any atom is -0.481 e. The number of nitrogens with zero attached hydrogens (tertiary/aromatic N) is 2. The van der Waals surface area contributed by atoms with E-state index in [0.717, 1.165) is 16.9 Å². The number of hydrogen-bond donors (Lipinski definition) is 0. The molecule has 0 saturated carbocycles. The molecule has 0 N–H and O–H groups in total. The molecule has 0 radical (unpaired) electrons. The fraction of sp³-hybridized carbons (Fsp3) is 0.200. The van der Waals surface area contributed by atoms with Crippen molar-refractivity contribution in [3.8, 4) is 16.3 Å². The lowest BCUT2D eigenvalue weighted by Gasteiger charge is -1.99. The van der Waals surface area contributed by atoms with E-state index in [4.69, 9.17) is 4.74 Å². The molecule has 6 heteroatoms. The van der Waals surface area contributed by atoms with Crippen LogP contribution in [0.3, 0.4) is 0 Å². The summed E-state index contributed by atoms with van der Waals surface area (Å²) in [5.74, 6) is 0.488. The summed E-state index contributed by atoms with van der Waals surface area (Å²) >= 11 is 0.966. The van der Waals surface area contributed by atoms with E-state index in [-0.39, 0.29) is 5.01 Å². The van der Waals surface area contributed by atoms with Gasteiger partial charge in [0, 0.05) is 24.0 Å². The van der Waals surface area contributed by atoms with Gasteiger partial charge in [-0.1, -0.05) is 0 Å². The number of hydrogen-bond acceptors (Lipinski definition) is 4. The molecule has 2 heterocycles. The maximum atomic E-state index is 12.3. The van der Waals surface area contributed by atoms with Crippen LogP contribution in [0.1, 0.15) is 11.4 Å². The van der Waals surface area contributed by atoms with E-state index in [2.05, 4.69) is 9.97 Å². The summed E-state index contributed by atoms with van der Waals surface area (Å²) in [7, 11) is 1.52. The molecule has 3 nitrogen and oxygen atoms in total. The van der Waals surface area contributed by atoms with Crippen molar-refractivity contribution in [3.05, 3.63) is 29.5 Å². The molecule has 84 valence electrons. The van der Waals surface area contributed by atoms with Crippen LogP contribution in [0, 0.1) is 0 Å². The number of halogens is 2. The van der Waals surface area contributed by atoms with Crippen LogP contribution in [0.25, 0.3) is 10.4 Å². The van der Waals surface area contributed by atoms with Gasteiger partial charge in [-0.2, -0.15) is 0 Å². The van der Waals surface area contributed by atoms with Gasteiger partial charge in [0.05, 0.1) is 12.0 Å². The molecule has 0 spiro atoms. The molecule has 2 rings (SSSR count). The Labute approximate surface area is 94.7 Å². The highest BCUT2D eigenvalue weighted by molar-refractivity contribution is 7.15. The molecule has 0 unspecified atom stereocenters. The van der Waals surface area contributed by atoms with Gasteiger partial charge in [-0.25, -0.2) is 18.7 Å². The number of alkyl halides is 2. The van der Waals surface area contributed by atoms with Crippen LogP contribution >= 0.6 is 11.3 Å². The Kier molecular flexibility index (Phi) is 3.09. The van der Waals surface area contributed by atoms with Gasteiger partial charge in [0.1, 0.15) is 0 Å². The molecule has 0 aromatic carbocycles. The number of rotatable bonds is 3. The third-order valence-electron chi connectivity index (χ3n) is 1.94. The van der Waals surface area contributed by atoms with Crippen molar-refractivity contribution in [3.63, 3.8) is 0 Å². The Morgan fingerprint density at radius 2 is 2.06 bits per heavy atom. The first-order valence-electron chi connectivity index (χ1n) is 4.45. The van der Waals surface area contributed by atoms with E-state index in [9.17, 15) is 8.78 Å². The largest absolute Gasteiger partial charge is 0.481 e. The van der Waals surface area contributed by atoms with Gasteiger partial charge in [-0.3, -0.25) is 0 Å². The third kappa shape index (κ3) is 2.16. The fourth-order valence-electron chi connectivity index (χ4n) is 1.17. The molecule has 0 amide bonds. The number of ether oxygens (including phenoxy) is 1. The van der Waals surface area contributed by atoms with Crippen LogP contribution in [-0.2, 0) is 0 Å². The van der Waals surface area contributed by atoms with Gasteiger partial charge in [0.15, 0.2) is 5.01 Å². The van der Waals surface area contributed by atoms with Gasteiger partial charge in [-0.05, 0) is 6.07 Å². The summed E-state index contributed by atoms with van der Waals surface area (Å²) in [5.41, 5.74) is 0.755. The predicted octanol–water partition coefficient (Wildman–Crippen LogP) is 3.15. The van der Waals surface area contributed by atoms with Crippen LogP contribution < -0.4 is 4.74 Å². The van der Waals surface area contributed by atoms with Crippen LogP contribution in [-0.4, -0.2) is 17.1 Å². The summed E-state index contributed by atoms with van der Waals surface area (Å²) in [5, 5.41) is -0.175. The number of pyridine rings is 1. The average Bonchev–Trinajstić information content (AvgIpc) is 2.78. The smallest absolute Gasteiger partial charge is 0.289 e. The van der Waals surface area contributed by atoms with Crippen molar-refractivity contribution >= 4 is 11.3 Å². The lowest BCUT2D eigenvalue weighted by molar-refractivity contribution is 0.151. The van der Waals surface area contributed by atoms with Gasteiger partial charge < -0.3 is 4.74 Å². The lowest BCUT2D eigenvalue weighted by atomic mass is 10.2. The maximum absolute atomic E-state index is 12.3. The topological polar surface area (TPSA) is 35.0 Å². The molecule has 2 aromatic rings. The normalized spacial score (nSPS) is 10.8. The Morgan fingerprint density at radius 1 is 1.25 bits per heavy atom. The molecular weight excluding hydrogens is 234 g/mol. The first-order chi connectivity index (χ1) is 7.70. The molecule has 0 aliphatic carbocycles. The Morgan fingerprint density at radius 3 is 2.56 bits per heavy atom. The zero-order valence-electron chi connectivity index (χ0n) is 8.35. The highest BCUT2D eigenvalue weighted by Gasteiger charge is 2.13.